The highest BCUT2D eigenvalue weighted by Crippen LogP contribution is 2.14. The summed E-state index contributed by atoms with van der Waals surface area (Å²) in [6, 6.07) is 0. The second kappa shape index (κ2) is 33.4. The van der Waals surface area contributed by atoms with Gasteiger partial charge in [-0.05, 0) is 19.3 Å². The largest absolute Gasteiger partial charge is 0.463 e. The third-order valence-corrected chi connectivity index (χ3v) is 5.70. The van der Waals surface area contributed by atoms with Gasteiger partial charge in [-0.2, -0.15) is 0 Å². The topological polar surface area (TPSA) is 100 Å². The minimum atomic E-state index is -0.114. The monoisotopic (exact) mass is 566 g/mol. The van der Waals surface area contributed by atoms with Gasteiger partial charge >= 0.3 is 5.97 Å². The number of carbonyl (C=O) groups is 1. The molecular weight excluding hydrogens is 508 g/mol. The summed E-state index contributed by atoms with van der Waals surface area (Å²) in [6.07, 6.45) is 7.40. The Morgan fingerprint density at radius 1 is 0.436 bits per heavy atom. The normalized spacial score (nSPS) is 12.2. The molecule has 0 aromatic carbocycles. The van der Waals surface area contributed by atoms with E-state index in [1.807, 2.05) is 6.92 Å². The Kier molecular flexibility index (Phi) is 32.6. The van der Waals surface area contributed by atoms with Crippen LogP contribution < -0.4 is 0 Å². The molecule has 0 aromatic heterocycles. The van der Waals surface area contributed by atoms with E-state index in [-0.39, 0.29) is 18.5 Å². The molecule has 1 atom stereocenters. The molecule has 10 nitrogen and oxygen atoms in total. The number of rotatable bonds is 33. The van der Waals surface area contributed by atoms with Crippen LogP contribution in [0, 0.1) is 5.92 Å². The van der Waals surface area contributed by atoms with E-state index in [0.29, 0.717) is 99.1 Å². The predicted octanol–water partition coefficient (Wildman–Crippen LogP) is 4.07. The fourth-order valence-electron chi connectivity index (χ4n) is 3.35. The lowest BCUT2D eigenvalue weighted by atomic mass is 10.00. The molecule has 0 aliphatic heterocycles. The van der Waals surface area contributed by atoms with Crippen LogP contribution in [0.4, 0.5) is 0 Å². The molecule has 0 aliphatic carbocycles. The molecule has 0 spiro atoms. The molecule has 0 aliphatic rings. The molecule has 39 heavy (non-hydrogen) atoms. The Labute approximate surface area is 237 Å². The average molecular weight is 567 g/mol. The summed E-state index contributed by atoms with van der Waals surface area (Å²) in [5.41, 5.74) is 0. The average Bonchev–Trinajstić information content (AvgIpc) is 2.95. The fourth-order valence-corrected chi connectivity index (χ4v) is 3.35. The molecule has 0 N–H and O–H groups in total. The van der Waals surface area contributed by atoms with Crippen molar-refractivity contribution in [1.29, 1.82) is 0 Å². The first-order valence-corrected chi connectivity index (χ1v) is 15.0. The lowest BCUT2D eigenvalue weighted by Gasteiger charge is -2.13. The van der Waals surface area contributed by atoms with Crippen LogP contribution in [-0.4, -0.2) is 118 Å². The molecule has 0 aromatic rings. The van der Waals surface area contributed by atoms with Crippen LogP contribution in [0.1, 0.15) is 65.7 Å². The van der Waals surface area contributed by atoms with Crippen LogP contribution in [0.2, 0.25) is 0 Å². The molecule has 0 saturated carbocycles. The molecule has 0 fully saturated rings. The van der Waals surface area contributed by atoms with Crippen molar-refractivity contribution in [3.8, 4) is 0 Å². The standard InChI is InChI=1S/C29H58O10/c1-4-7-9-11-31-12-13-32-14-15-33-16-17-34-18-19-35-20-21-36-22-23-37-24-25-38-26-27-39-29(30)28(6-3)10-8-5-2/h28H,4-27H2,1-3H3. The van der Waals surface area contributed by atoms with E-state index >= 15 is 0 Å². The molecule has 0 radical (unpaired) electrons. The van der Waals surface area contributed by atoms with Crippen LogP contribution in [0.5, 0.6) is 0 Å². The van der Waals surface area contributed by atoms with Gasteiger partial charge in [-0.25, -0.2) is 0 Å². The Morgan fingerprint density at radius 3 is 1.10 bits per heavy atom. The van der Waals surface area contributed by atoms with Crippen molar-refractivity contribution < 1.29 is 47.4 Å². The molecule has 1 unspecified atom stereocenters. The zero-order chi connectivity index (χ0) is 28.5. The molecule has 0 bridgehead atoms. The Hall–Kier alpha value is -0.850. The van der Waals surface area contributed by atoms with Crippen molar-refractivity contribution in [2.24, 2.45) is 5.92 Å². The van der Waals surface area contributed by atoms with E-state index in [1.165, 1.54) is 12.8 Å². The van der Waals surface area contributed by atoms with E-state index in [0.717, 1.165) is 38.7 Å². The molecule has 234 valence electrons. The van der Waals surface area contributed by atoms with Crippen molar-refractivity contribution in [2.75, 3.05) is 112 Å². The van der Waals surface area contributed by atoms with Crippen LogP contribution >= 0.6 is 0 Å². The summed E-state index contributed by atoms with van der Waals surface area (Å²) >= 11 is 0. The van der Waals surface area contributed by atoms with Gasteiger partial charge in [0.25, 0.3) is 0 Å². The number of hydrogen-bond acceptors (Lipinski definition) is 10. The number of ether oxygens (including phenoxy) is 9. The van der Waals surface area contributed by atoms with Crippen LogP contribution in [-0.2, 0) is 47.4 Å². The second-order valence-electron chi connectivity index (χ2n) is 9.02. The van der Waals surface area contributed by atoms with Gasteiger partial charge < -0.3 is 42.6 Å². The second-order valence-corrected chi connectivity index (χ2v) is 9.02. The lowest BCUT2D eigenvalue weighted by Crippen LogP contribution is -2.20. The van der Waals surface area contributed by atoms with E-state index in [9.17, 15) is 4.79 Å². The minimum absolute atomic E-state index is 0.00401. The van der Waals surface area contributed by atoms with Crippen LogP contribution in [0.3, 0.4) is 0 Å². The lowest BCUT2D eigenvalue weighted by molar-refractivity contribution is -0.150. The number of esters is 1. The van der Waals surface area contributed by atoms with E-state index in [1.54, 1.807) is 0 Å². The molecule has 10 heteroatoms. The third-order valence-electron chi connectivity index (χ3n) is 5.70. The number of carbonyl (C=O) groups excluding carboxylic acids is 1. The summed E-state index contributed by atoms with van der Waals surface area (Å²) in [7, 11) is 0. The number of unbranched alkanes of at least 4 members (excludes halogenated alkanes) is 3. The summed E-state index contributed by atoms with van der Waals surface area (Å²) < 4.78 is 49.0. The summed E-state index contributed by atoms with van der Waals surface area (Å²) in [6.45, 7) is 15.2. The first kappa shape index (κ1) is 38.1. The van der Waals surface area contributed by atoms with Gasteiger partial charge in [0.05, 0.1) is 105 Å². The van der Waals surface area contributed by atoms with E-state index in [4.69, 9.17) is 42.6 Å². The quantitative estimate of drug-likeness (QED) is 0.0854. The van der Waals surface area contributed by atoms with Crippen molar-refractivity contribution in [3.63, 3.8) is 0 Å². The summed E-state index contributed by atoms with van der Waals surface area (Å²) in [5.74, 6) is -0.110. The molecule has 0 saturated heterocycles. The maximum atomic E-state index is 12.0. The fraction of sp³-hybridized carbons (Fsp3) is 0.966. The first-order chi connectivity index (χ1) is 19.3. The van der Waals surface area contributed by atoms with Gasteiger partial charge in [0.15, 0.2) is 0 Å². The smallest absolute Gasteiger partial charge is 0.308 e. The zero-order valence-electron chi connectivity index (χ0n) is 25.1. The van der Waals surface area contributed by atoms with Gasteiger partial charge in [-0.1, -0.05) is 46.5 Å². The first-order valence-electron chi connectivity index (χ1n) is 15.0. The number of hydrogen-bond donors (Lipinski definition) is 0. The highest BCUT2D eigenvalue weighted by molar-refractivity contribution is 5.72. The highest BCUT2D eigenvalue weighted by atomic mass is 16.6. The molecule has 0 amide bonds. The van der Waals surface area contributed by atoms with Gasteiger partial charge in [-0.3, -0.25) is 4.79 Å². The van der Waals surface area contributed by atoms with Gasteiger partial charge in [-0.15, -0.1) is 0 Å². The van der Waals surface area contributed by atoms with E-state index in [2.05, 4.69) is 13.8 Å². The Bertz CT molecular complexity index is 481. The zero-order valence-corrected chi connectivity index (χ0v) is 25.1. The predicted molar refractivity (Wildman–Crippen MR) is 150 cm³/mol. The van der Waals surface area contributed by atoms with Crippen molar-refractivity contribution in [3.05, 3.63) is 0 Å². The van der Waals surface area contributed by atoms with Crippen molar-refractivity contribution >= 4 is 5.97 Å². The van der Waals surface area contributed by atoms with Crippen LogP contribution in [0.25, 0.3) is 0 Å². The maximum Gasteiger partial charge on any atom is 0.308 e. The highest BCUT2D eigenvalue weighted by Gasteiger charge is 2.16. The van der Waals surface area contributed by atoms with Gasteiger partial charge in [0.2, 0.25) is 0 Å². The van der Waals surface area contributed by atoms with Crippen molar-refractivity contribution in [2.45, 2.75) is 65.7 Å². The molecular formula is C29H58O10. The Morgan fingerprint density at radius 2 is 0.769 bits per heavy atom. The minimum Gasteiger partial charge on any atom is -0.463 e. The van der Waals surface area contributed by atoms with Gasteiger partial charge in [0, 0.05) is 6.61 Å². The third kappa shape index (κ3) is 29.9. The van der Waals surface area contributed by atoms with Crippen molar-refractivity contribution in [1.82, 2.24) is 0 Å². The molecule has 0 rings (SSSR count). The summed E-state index contributed by atoms with van der Waals surface area (Å²) in [4.78, 5) is 12.0. The van der Waals surface area contributed by atoms with E-state index < -0.39 is 0 Å². The Balaban J connectivity index is 3.16. The summed E-state index contributed by atoms with van der Waals surface area (Å²) in [5, 5.41) is 0. The maximum absolute atomic E-state index is 12.0. The van der Waals surface area contributed by atoms with Crippen LogP contribution in [0.15, 0.2) is 0 Å². The van der Waals surface area contributed by atoms with Gasteiger partial charge in [0.1, 0.15) is 6.61 Å². The SMILES string of the molecule is CCCCCOCCOCCOCCOCCOCCOCCOCCOCCOC(=O)C(CC)CCCC. The molecule has 0 heterocycles.